The highest BCUT2D eigenvalue weighted by molar-refractivity contribution is 7.09. The zero-order chi connectivity index (χ0) is 13.2. The van der Waals surface area contributed by atoms with E-state index in [4.69, 9.17) is 0 Å². The van der Waals surface area contributed by atoms with E-state index in [1.165, 1.54) is 23.6 Å². The van der Waals surface area contributed by atoms with Crippen molar-refractivity contribution in [1.29, 1.82) is 0 Å². The van der Waals surface area contributed by atoms with E-state index < -0.39 is 11.9 Å². The number of nitrogens with zero attached hydrogens (tertiary/aromatic N) is 2. The van der Waals surface area contributed by atoms with Gasteiger partial charge in [0.05, 0.1) is 23.4 Å². The minimum Gasteiger partial charge on any atom is -0.376 e. The van der Waals surface area contributed by atoms with Crippen LogP contribution >= 0.6 is 11.3 Å². The summed E-state index contributed by atoms with van der Waals surface area (Å²) in [4.78, 5) is 8.34. The fraction of sp³-hybridized carbons (Fsp3) is 0.273. The second-order valence-corrected chi connectivity index (χ2v) is 4.62. The van der Waals surface area contributed by atoms with Crippen LogP contribution in [0.4, 0.5) is 18.9 Å². The number of alkyl halides is 3. The average molecular weight is 273 g/mol. The second kappa shape index (κ2) is 4.93. The van der Waals surface area contributed by atoms with E-state index in [0.29, 0.717) is 5.69 Å². The summed E-state index contributed by atoms with van der Waals surface area (Å²) < 4.78 is 36.9. The van der Waals surface area contributed by atoms with E-state index in [2.05, 4.69) is 15.3 Å². The first-order chi connectivity index (χ1) is 8.47. The molecule has 0 saturated carbocycles. The Labute approximate surface area is 106 Å². The number of anilines is 1. The largest absolute Gasteiger partial charge is 0.433 e. The van der Waals surface area contributed by atoms with Crippen LogP contribution in [0.5, 0.6) is 0 Å². The summed E-state index contributed by atoms with van der Waals surface area (Å²) in [6, 6.07) is 2.31. The van der Waals surface area contributed by atoms with Gasteiger partial charge in [0.2, 0.25) is 0 Å². The van der Waals surface area contributed by atoms with Crippen molar-refractivity contribution < 1.29 is 13.2 Å². The Balaban J connectivity index is 2.07. The van der Waals surface area contributed by atoms with Crippen LogP contribution in [0.1, 0.15) is 23.5 Å². The molecule has 0 aliphatic rings. The molecule has 0 bridgehead atoms. The van der Waals surface area contributed by atoms with Gasteiger partial charge in [0, 0.05) is 11.1 Å². The summed E-state index contributed by atoms with van der Waals surface area (Å²) in [6.45, 7) is 1.91. The van der Waals surface area contributed by atoms with E-state index in [9.17, 15) is 13.2 Å². The van der Waals surface area contributed by atoms with Crippen LogP contribution < -0.4 is 5.32 Å². The summed E-state index contributed by atoms with van der Waals surface area (Å²) in [5.74, 6) is 0. The van der Waals surface area contributed by atoms with Crippen LogP contribution in [-0.2, 0) is 6.18 Å². The molecule has 2 heterocycles. The predicted octanol–water partition coefficient (Wildman–Crippen LogP) is 3.73. The summed E-state index contributed by atoms with van der Waals surface area (Å²) in [7, 11) is 0. The molecular formula is C11H10F3N3S. The molecule has 0 aliphatic heterocycles. The standard InChI is InChI=1S/C11H10F3N3S/c1-7(9-5-15-6-18-9)17-8-2-3-10(16-4-8)11(12,13)14/h2-7,17H,1H3. The molecule has 0 saturated heterocycles. The maximum atomic E-state index is 12.3. The van der Waals surface area contributed by atoms with E-state index >= 15 is 0 Å². The van der Waals surface area contributed by atoms with Gasteiger partial charge >= 0.3 is 6.18 Å². The van der Waals surface area contributed by atoms with Gasteiger partial charge in [0.1, 0.15) is 5.69 Å². The fourth-order valence-electron chi connectivity index (χ4n) is 1.41. The van der Waals surface area contributed by atoms with Crippen molar-refractivity contribution in [2.45, 2.75) is 19.1 Å². The Kier molecular flexibility index (Phi) is 3.51. The average Bonchev–Trinajstić information content (AvgIpc) is 2.82. The lowest BCUT2D eigenvalue weighted by molar-refractivity contribution is -0.141. The predicted molar refractivity (Wildman–Crippen MR) is 63.4 cm³/mol. The molecule has 1 atom stereocenters. The normalized spacial score (nSPS) is 13.3. The molecule has 0 spiro atoms. The lowest BCUT2D eigenvalue weighted by Gasteiger charge is -2.13. The first kappa shape index (κ1) is 12.8. The minimum atomic E-state index is -4.40. The molecule has 2 aromatic rings. The Morgan fingerprint density at radius 3 is 2.56 bits per heavy atom. The molecule has 0 aliphatic carbocycles. The van der Waals surface area contributed by atoms with Gasteiger partial charge in [-0.05, 0) is 19.1 Å². The SMILES string of the molecule is CC(Nc1ccc(C(F)(F)F)nc1)c1cncs1. The minimum absolute atomic E-state index is 0.0176. The van der Waals surface area contributed by atoms with Gasteiger partial charge in [-0.1, -0.05) is 0 Å². The van der Waals surface area contributed by atoms with Crippen molar-refractivity contribution in [3.63, 3.8) is 0 Å². The summed E-state index contributed by atoms with van der Waals surface area (Å²) >= 11 is 1.48. The van der Waals surface area contributed by atoms with Crippen LogP contribution in [0.15, 0.2) is 30.0 Å². The Hall–Kier alpha value is -1.63. The number of rotatable bonds is 3. The van der Waals surface area contributed by atoms with Crippen LogP contribution in [0.3, 0.4) is 0 Å². The van der Waals surface area contributed by atoms with Gasteiger partial charge in [-0.25, -0.2) is 4.98 Å². The quantitative estimate of drug-likeness (QED) is 0.926. The zero-order valence-electron chi connectivity index (χ0n) is 9.40. The molecule has 2 aromatic heterocycles. The van der Waals surface area contributed by atoms with Crippen LogP contribution in [0.2, 0.25) is 0 Å². The Morgan fingerprint density at radius 1 is 1.28 bits per heavy atom. The van der Waals surface area contributed by atoms with Crippen molar-refractivity contribution >= 4 is 17.0 Å². The number of thiazole rings is 1. The molecule has 0 aromatic carbocycles. The highest BCUT2D eigenvalue weighted by Gasteiger charge is 2.32. The molecule has 2 rings (SSSR count). The molecule has 0 radical (unpaired) electrons. The van der Waals surface area contributed by atoms with E-state index in [-0.39, 0.29) is 6.04 Å². The Bertz CT molecular complexity index is 493. The van der Waals surface area contributed by atoms with Gasteiger partial charge < -0.3 is 5.32 Å². The topological polar surface area (TPSA) is 37.8 Å². The van der Waals surface area contributed by atoms with Crippen LogP contribution in [-0.4, -0.2) is 9.97 Å². The number of nitrogens with one attached hydrogen (secondary N) is 1. The molecule has 0 fully saturated rings. The second-order valence-electron chi connectivity index (χ2n) is 3.70. The number of pyridine rings is 1. The molecule has 3 nitrogen and oxygen atoms in total. The molecule has 7 heteroatoms. The van der Waals surface area contributed by atoms with E-state index in [1.807, 2.05) is 6.92 Å². The lowest BCUT2D eigenvalue weighted by atomic mass is 10.2. The molecule has 0 amide bonds. The van der Waals surface area contributed by atoms with Gasteiger partial charge in [0.15, 0.2) is 0 Å². The number of hydrogen-bond acceptors (Lipinski definition) is 4. The molecule has 1 N–H and O–H groups in total. The number of aromatic nitrogens is 2. The molecular weight excluding hydrogens is 263 g/mol. The van der Waals surface area contributed by atoms with Crippen molar-refractivity contribution in [1.82, 2.24) is 9.97 Å². The van der Waals surface area contributed by atoms with Gasteiger partial charge in [-0.3, -0.25) is 4.98 Å². The third-order valence-corrected chi connectivity index (χ3v) is 3.27. The lowest BCUT2D eigenvalue weighted by Crippen LogP contribution is -2.09. The zero-order valence-corrected chi connectivity index (χ0v) is 10.2. The van der Waals surface area contributed by atoms with Gasteiger partial charge in [0.25, 0.3) is 0 Å². The molecule has 1 unspecified atom stereocenters. The first-order valence-electron chi connectivity index (χ1n) is 5.15. The Morgan fingerprint density at radius 2 is 2.06 bits per heavy atom. The highest BCUT2D eigenvalue weighted by atomic mass is 32.1. The maximum Gasteiger partial charge on any atom is 0.433 e. The van der Waals surface area contributed by atoms with E-state index in [0.717, 1.165) is 10.9 Å². The first-order valence-corrected chi connectivity index (χ1v) is 6.03. The summed E-state index contributed by atoms with van der Waals surface area (Å²) in [5, 5.41) is 3.06. The fourth-order valence-corrected chi connectivity index (χ4v) is 2.04. The van der Waals surface area contributed by atoms with E-state index in [1.54, 1.807) is 11.7 Å². The van der Waals surface area contributed by atoms with Crippen molar-refractivity contribution in [3.8, 4) is 0 Å². The molecule has 18 heavy (non-hydrogen) atoms. The third kappa shape index (κ3) is 2.98. The van der Waals surface area contributed by atoms with Crippen LogP contribution in [0, 0.1) is 0 Å². The van der Waals surface area contributed by atoms with Crippen LogP contribution in [0.25, 0.3) is 0 Å². The van der Waals surface area contributed by atoms with Crippen molar-refractivity contribution in [2.75, 3.05) is 5.32 Å². The smallest absolute Gasteiger partial charge is 0.376 e. The summed E-state index contributed by atoms with van der Waals surface area (Å²) in [5.41, 5.74) is 1.36. The maximum absolute atomic E-state index is 12.3. The van der Waals surface area contributed by atoms with Crippen molar-refractivity contribution in [3.05, 3.63) is 40.6 Å². The van der Waals surface area contributed by atoms with Gasteiger partial charge in [-0.2, -0.15) is 13.2 Å². The number of halogens is 3. The highest BCUT2D eigenvalue weighted by Crippen LogP contribution is 2.28. The monoisotopic (exact) mass is 273 g/mol. The third-order valence-electron chi connectivity index (χ3n) is 2.32. The van der Waals surface area contributed by atoms with Gasteiger partial charge in [-0.15, -0.1) is 11.3 Å². The molecule has 96 valence electrons. The van der Waals surface area contributed by atoms with Crippen molar-refractivity contribution in [2.24, 2.45) is 0 Å². The summed E-state index contributed by atoms with van der Waals surface area (Å²) in [6.07, 6.45) is -1.50. The number of hydrogen-bond donors (Lipinski definition) is 1.